The van der Waals surface area contributed by atoms with Crippen LogP contribution in [0.1, 0.15) is 6.42 Å². The van der Waals surface area contributed by atoms with Gasteiger partial charge in [-0.25, -0.2) is 4.79 Å². The second-order valence-corrected chi connectivity index (χ2v) is 4.54. The largest absolute Gasteiger partial charge is 0.481 e. The van der Waals surface area contributed by atoms with Crippen LogP contribution in [0.15, 0.2) is 15.8 Å². The van der Waals surface area contributed by atoms with E-state index in [4.69, 9.17) is 14.9 Å². The summed E-state index contributed by atoms with van der Waals surface area (Å²) in [5, 5.41) is 41.3. The molecule has 1 saturated heterocycles. The quantitative estimate of drug-likeness (QED) is 0.373. The fourth-order valence-corrected chi connectivity index (χ4v) is 2.25. The summed E-state index contributed by atoms with van der Waals surface area (Å²) < 4.78 is 5.62. The Hall–Kier alpha value is -2.08. The molecule has 4 atom stereocenters. The summed E-state index contributed by atoms with van der Waals surface area (Å²) in [6.07, 6.45) is -5.00. The van der Waals surface area contributed by atoms with Gasteiger partial charge in [0.2, 0.25) is 5.72 Å². The lowest BCUT2D eigenvalue weighted by Gasteiger charge is -2.30. The topological polar surface area (TPSA) is 175 Å². The number of hydrogen-bond donors (Lipinski definition) is 5. The van der Waals surface area contributed by atoms with E-state index in [1.54, 1.807) is 0 Å². The molecule has 1 fully saturated rings. The highest BCUT2D eigenvalue weighted by Gasteiger charge is 2.57. The van der Waals surface area contributed by atoms with Gasteiger partial charge in [0, 0.05) is 0 Å². The van der Waals surface area contributed by atoms with Crippen LogP contribution < -0.4 is 11.2 Å². The van der Waals surface area contributed by atoms with Crippen molar-refractivity contribution in [2.24, 2.45) is 0 Å². The Morgan fingerprint density at radius 2 is 2.14 bits per heavy atom. The summed E-state index contributed by atoms with van der Waals surface area (Å²) in [6, 6.07) is 0. The Balaban J connectivity index is 2.60. The number of carboxylic acids is 1. The summed E-state index contributed by atoms with van der Waals surface area (Å²) in [7, 11) is 0. The number of aliphatic hydroxyl groups excluding tert-OH is 3. The third-order valence-corrected chi connectivity index (χ3v) is 3.18. The third kappa shape index (κ3) is 2.47. The average Bonchev–Trinajstić information content (AvgIpc) is 2.63. The fraction of sp³-hybridized carbons (Fsp3) is 0.600. The molecule has 0 amide bonds. The van der Waals surface area contributed by atoms with Gasteiger partial charge in [-0.15, -0.1) is 0 Å². The highest BCUT2D eigenvalue weighted by Crippen LogP contribution is 2.36. The molecule has 1 aliphatic heterocycles. The molecule has 21 heavy (non-hydrogen) atoms. The first kappa shape index (κ1) is 15.3. The number of rotatable bonds is 4. The molecular weight excluding hydrogens is 290 g/mol. The van der Waals surface area contributed by atoms with E-state index in [0.29, 0.717) is 10.9 Å². The SMILES string of the molecule is O=C(O)C[C@@]1(n2ncc(=O)[nH]c2=O)O[C@H](CO)[C@@H](O)[C@H]1O. The molecule has 11 nitrogen and oxygen atoms in total. The summed E-state index contributed by atoms with van der Waals surface area (Å²) in [5.41, 5.74) is -4.18. The summed E-state index contributed by atoms with van der Waals surface area (Å²) in [4.78, 5) is 35.6. The van der Waals surface area contributed by atoms with Crippen molar-refractivity contribution in [3.05, 3.63) is 27.0 Å². The fourth-order valence-electron chi connectivity index (χ4n) is 2.25. The standard InChI is InChI=1S/C10H13N3O8/c14-3-4-7(18)8(19)10(21-4,1-6(16)17)13-9(20)12-5(15)2-11-13/h2,4,7-8,14,18-19H,1,3H2,(H,16,17)(H,12,15,20)/t4-,7-,8-,10-/m1/s1. The van der Waals surface area contributed by atoms with Crippen molar-refractivity contribution in [2.75, 3.05) is 6.61 Å². The number of nitrogens with one attached hydrogen (secondary N) is 1. The highest BCUT2D eigenvalue weighted by atomic mass is 16.6. The third-order valence-electron chi connectivity index (χ3n) is 3.18. The number of aromatic nitrogens is 3. The van der Waals surface area contributed by atoms with E-state index < -0.39 is 54.3 Å². The van der Waals surface area contributed by atoms with Gasteiger partial charge in [0.1, 0.15) is 24.5 Å². The maximum atomic E-state index is 11.8. The highest BCUT2D eigenvalue weighted by molar-refractivity contribution is 5.68. The number of ether oxygens (including phenoxy) is 1. The molecule has 116 valence electrons. The number of aliphatic carboxylic acids is 1. The van der Waals surface area contributed by atoms with Gasteiger partial charge in [-0.3, -0.25) is 14.6 Å². The molecule has 5 N–H and O–H groups in total. The molecule has 11 heteroatoms. The maximum Gasteiger partial charge on any atom is 0.347 e. The van der Waals surface area contributed by atoms with E-state index in [1.807, 2.05) is 4.98 Å². The number of aliphatic hydroxyl groups is 3. The number of aromatic amines is 1. The summed E-state index contributed by atoms with van der Waals surface area (Å²) in [5.74, 6) is -1.44. The minimum absolute atomic E-state index is 0.437. The molecule has 0 unspecified atom stereocenters. The van der Waals surface area contributed by atoms with Crippen LogP contribution in [0.25, 0.3) is 0 Å². The number of carbonyl (C=O) groups is 1. The minimum Gasteiger partial charge on any atom is -0.481 e. The second-order valence-electron chi connectivity index (χ2n) is 4.54. The Kier molecular flexibility index (Phi) is 3.91. The molecule has 1 aromatic rings. The van der Waals surface area contributed by atoms with Crippen molar-refractivity contribution in [3.63, 3.8) is 0 Å². The van der Waals surface area contributed by atoms with Crippen molar-refractivity contribution in [3.8, 4) is 0 Å². The molecule has 0 saturated carbocycles. The normalized spacial score (nSPS) is 32.2. The van der Waals surface area contributed by atoms with Crippen LogP contribution in [-0.2, 0) is 15.3 Å². The molecule has 0 radical (unpaired) electrons. The lowest BCUT2D eigenvalue weighted by Crippen LogP contribution is -2.54. The van der Waals surface area contributed by atoms with Gasteiger partial charge < -0.3 is 25.2 Å². The Morgan fingerprint density at radius 1 is 1.48 bits per heavy atom. The van der Waals surface area contributed by atoms with Gasteiger partial charge in [0.25, 0.3) is 5.56 Å². The molecule has 0 aliphatic carbocycles. The van der Waals surface area contributed by atoms with Crippen LogP contribution in [0.4, 0.5) is 0 Å². The predicted molar refractivity (Wildman–Crippen MR) is 63.3 cm³/mol. The summed E-state index contributed by atoms with van der Waals surface area (Å²) in [6.45, 7) is -0.711. The monoisotopic (exact) mass is 303 g/mol. The summed E-state index contributed by atoms with van der Waals surface area (Å²) >= 11 is 0. The first-order valence-electron chi connectivity index (χ1n) is 5.87. The smallest absolute Gasteiger partial charge is 0.347 e. The van der Waals surface area contributed by atoms with E-state index in [2.05, 4.69) is 5.10 Å². The van der Waals surface area contributed by atoms with Crippen LogP contribution in [0, 0.1) is 0 Å². The van der Waals surface area contributed by atoms with E-state index in [0.717, 1.165) is 0 Å². The number of nitrogens with zero attached hydrogens (tertiary/aromatic N) is 2. The van der Waals surface area contributed by atoms with Gasteiger partial charge in [0.15, 0.2) is 0 Å². The molecule has 0 bridgehead atoms. The molecule has 0 spiro atoms. The molecule has 1 aromatic heterocycles. The lowest BCUT2D eigenvalue weighted by molar-refractivity contribution is -0.178. The first-order chi connectivity index (χ1) is 9.81. The number of hydrogen-bond acceptors (Lipinski definition) is 8. The second kappa shape index (κ2) is 5.37. The van der Waals surface area contributed by atoms with Crippen LogP contribution in [0.5, 0.6) is 0 Å². The van der Waals surface area contributed by atoms with Crippen molar-refractivity contribution in [1.29, 1.82) is 0 Å². The van der Waals surface area contributed by atoms with Crippen molar-refractivity contribution >= 4 is 5.97 Å². The average molecular weight is 303 g/mol. The van der Waals surface area contributed by atoms with Gasteiger partial charge in [-0.1, -0.05) is 0 Å². The number of H-pyrrole nitrogens is 1. The molecule has 2 rings (SSSR count). The van der Waals surface area contributed by atoms with Crippen LogP contribution in [-0.4, -0.2) is 66.1 Å². The zero-order valence-electron chi connectivity index (χ0n) is 10.5. The maximum absolute atomic E-state index is 11.8. The Morgan fingerprint density at radius 3 is 2.62 bits per heavy atom. The zero-order valence-corrected chi connectivity index (χ0v) is 10.5. The van der Waals surface area contributed by atoms with E-state index in [-0.39, 0.29) is 0 Å². The molecule has 1 aliphatic rings. The predicted octanol–water partition coefficient (Wildman–Crippen LogP) is -3.83. The van der Waals surface area contributed by atoms with Crippen LogP contribution in [0.3, 0.4) is 0 Å². The van der Waals surface area contributed by atoms with Gasteiger partial charge >= 0.3 is 11.7 Å². The Bertz CT molecular complexity index is 654. The van der Waals surface area contributed by atoms with Crippen LogP contribution >= 0.6 is 0 Å². The van der Waals surface area contributed by atoms with E-state index >= 15 is 0 Å². The first-order valence-corrected chi connectivity index (χ1v) is 5.87. The van der Waals surface area contributed by atoms with Crippen molar-refractivity contribution < 1.29 is 30.0 Å². The van der Waals surface area contributed by atoms with Gasteiger partial charge in [-0.2, -0.15) is 9.78 Å². The molecule has 0 aromatic carbocycles. The van der Waals surface area contributed by atoms with E-state index in [1.165, 1.54) is 0 Å². The van der Waals surface area contributed by atoms with E-state index in [9.17, 15) is 24.6 Å². The Labute approximate surface area is 116 Å². The van der Waals surface area contributed by atoms with Crippen molar-refractivity contribution in [2.45, 2.75) is 30.5 Å². The van der Waals surface area contributed by atoms with Crippen molar-refractivity contribution in [1.82, 2.24) is 14.8 Å². The van der Waals surface area contributed by atoms with Gasteiger partial charge in [0.05, 0.1) is 13.0 Å². The van der Waals surface area contributed by atoms with Gasteiger partial charge in [-0.05, 0) is 0 Å². The number of carboxylic acid groups (broad SMARTS) is 1. The lowest BCUT2D eigenvalue weighted by atomic mass is 9.99. The molecule has 2 heterocycles. The molecular formula is C10H13N3O8. The zero-order chi connectivity index (χ0) is 15.8. The van der Waals surface area contributed by atoms with Crippen LogP contribution in [0.2, 0.25) is 0 Å². The minimum atomic E-state index is -2.24.